The molecule has 0 bridgehead atoms. The molecule has 0 spiro atoms. The number of aryl methyl sites for hydroxylation is 1. The van der Waals surface area contributed by atoms with Crippen molar-refractivity contribution >= 4 is 28.2 Å². The van der Waals surface area contributed by atoms with Gasteiger partial charge in [0.2, 0.25) is 0 Å². The molecule has 6 heteroatoms. The van der Waals surface area contributed by atoms with Crippen molar-refractivity contribution in [3.8, 4) is 0 Å². The zero-order chi connectivity index (χ0) is 23.4. The molecule has 1 atom stereocenters. The van der Waals surface area contributed by atoms with Crippen molar-refractivity contribution in [3.63, 3.8) is 0 Å². The molecule has 4 rings (SSSR count). The molecule has 0 aliphatic heterocycles. The Morgan fingerprint density at radius 3 is 2.48 bits per heavy atom. The van der Waals surface area contributed by atoms with E-state index in [1.165, 1.54) is 12.1 Å². The van der Waals surface area contributed by atoms with Crippen LogP contribution in [0.2, 0.25) is 0 Å². The highest BCUT2D eigenvalue weighted by molar-refractivity contribution is 7.80. The second-order valence-electron chi connectivity index (χ2n) is 8.28. The lowest BCUT2D eigenvalue weighted by Crippen LogP contribution is -2.41. The molecular weight excluding hydrogens is 433 g/mol. The number of halogens is 1. The van der Waals surface area contributed by atoms with Gasteiger partial charge in [-0.1, -0.05) is 54.1 Å². The van der Waals surface area contributed by atoms with Crippen molar-refractivity contribution in [1.29, 1.82) is 0 Å². The van der Waals surface area contributed by atoms with Crippen molar-refractivity contribution in [1.82, 2.24) is 15.2 Å². The van der Waals surface area contributed by atoms with E-state index in [1.54, 1.807) is 12.1 Å². The predicted octanol–water partition coefficient (Wildman–Crippen LogP) is 5.61. The zero-order valence-corrected chi connectivity index (χ0v) is 19.5. The summed E-state index contributed by atoms with van der Waals surface area (Å²) in [4.78, 5) is 17.7. The first-order valence-corrected chi connectivity index (χ1v) is 11.3. The lowest BCUT2D eigenvalue weighted by Gasteiger charge is -2.28. The standard InChI is InChI=1S/C27H26FN3OS/c1-18-8-13-25-22(14-18)15-23(26(32)30-25)17-31(16-20-9-11-24(28)12-10-20)27(33)29-19(2)21-6-4-3-5-7-21/h3-15,19H,16-17H2,1-2H3,(H,29,33)(H,30,32)/t19-/m1/s1. The number of pyridine rings is 1. The van der Waals surface area contributed by atoms with Gasteiger partial charge in [0.25, 0.3) is 5.56 Å². The summed E-state index contributed by atoms with van der Waals surface area (Å²) >= 11 is 5.76. The van der Waals surface area contributed by atoms with E-state index in [4.69, 9.17) is 12.2 Å². The van der Waals surface area contributed by atoms with Crippen LogP contribution >= 0.6 is 12.2 Å². The van der Waals surface area contributed by atoms with Gasteiger partial charge < -0.3 is 15.2 Å². The normalized spacial score (nSPS) is 11.8. The van der Waals surface area contributed by atoms with Crippen LogP contribution in [-0.2, 0) is 13.1 Å². The van der Waals surface area contributed by atoms with Gasteiger partial charge in [-0.15, -0.1) is 0 Å². The van der Waals surface area contributed by atoms with Crippen LogP contribution in [0.15, 0.2) is 83.7 Å². The quantitative estimate of drug-likeness (QED) is 0.368. The molecule has 33 heavy (non-hydrogen) atoms. The number of nitrogens with zero attached hydrogens (tertiary/aromatic N) is 1. The molecule has 0 saturated carbocycles. The number of thiocarbonyl (C=S) groups is 1. The van der Waals surface area contributed by atoms with E-state index in [1.807, 2.05) is 73.3 Å². The van der Waals surface area contributed by atoms with Crippen molar-refractivity contribution in [3.05, 3.63) is 117 Å². The second-order valence-corrected chi connectivity index (χ2v) is 8.67. The third-order valence-corrected chi connectivity index (χ3v) is 6.03. The Balaban J connectivity index is 1.62. The van der Waals surface area contributed by atoms with E-state index in [9.17, 15) is 9.18 Å². The van der Waals surface area contributed by atoms with Gasteiger partial charge >= 0.3 is 0 Å². The van der Waals surface area contributed by atoms with Crippen LogP contribution in [0.4, 0.5) is 4.39 Å². The topological polar surface area (TPSA) is 48.1 Å². The molecule has 0 aliphatic carbocycles. The van der Waals surface area contributed by atoms with E-state index >= 15 is 0 Å². The highest BCUT2D eigenvalue weighted by atomic mass is 32.1. The van der Waals surface area contributed by atoms with Crippen LogP contribution in [-0.4, -0.2) is 15.0 Å². The van der Waals surface area contributed by atoms with Crippen LogP contribution in [0.5, 0.6) is 0 Å². The average Bonchev–Trinajstić information content (AvgIpc) is 2.81. The Morgan fingerprint density at radius 1 is 1.03 bits per heavy atom. The van der Waals surface area contributed by atoms with Crippen LogP contribution in [0.3, 0.4) is 0 Å². The molecule has 168 valence electrons. The second kappa shape index (κ2) is 9.96. The number of benzene rings is 3. The number of hydrogen-bond acceptors (Lipinski definition) is 2. The molecule has 1 heterocycles. The van der Waals surface area contributed by atoms with Gasteiger partial charge in [-0.2, -0.15) is 0 Å². The average molecular weight is 460 g/mol. The van der Waals surface area contributed by atoms with Crippen LogP contribution in [0, 0.1) is 12.7 Å². The Hall–Kier alpha value is -3.51. The molecule has 0 aliphatic rings. The van der Waals surface area contributed by atoms with Gasteiger partial charge in [-0.3, -0.25) is 4.79 Å². The minimum absolute atomic E-state index is 0.00745. The maximum Gasteiger partial charge on any atom is 0.253 e. The Labute approximate surface area is 198 Å². The largest absolute Gasteiger partial charge is 0.356 e. The minimum atomic E-state index is -0.287. The van der Waals surface area contributed by atoms with E-state index in [2.05, 4.69) is 10.3 Å². The number of aromatic nitrogens is 1. The molecule has 4 nitrogen and oxygen atoms in total. The zero-order valence-electron chi connectivity index (χ0n) is 18.6. The van der Waals surface area contributed by atoms with Crippen LogP contribution < -0.4 is 10.9 Å². The lowest BCUT2D eigenvalue weighted by molar-refractivity contribution is 0.392. The molecular formula is C27H26FN3OS. The van der Waals surface area contributed by atoms with Crippen LogP contribution in [0.1, 0.15) is 35.2 Å². The summed E-state index contributed by atoms with van der Waals surface area (Å²) in [6.07, 6.45) is 0. The van der Waals surface area contributed by atoms with Crippen LogP contribution in [0.25, 0.3) is 10.9 Å². The first kappa shape index (κ1) is 22.7. The molecule has 4 aromatic rings. The fourth-order valence-electron chi connectivity index (χ4n) is 3.81. The van der Waals surface area contributed by atoms with E-state index in [0.717, 1.165) is 27.6 Å². The number of nitrogens with one attached hydrogen (secondary N) is 2. The first-order valence-electron chi connectivity index (χ1n) is 10.9. The van der Waals surface area contributed by atoms with Gasteiger partial charge in [0.1, 0.15) is 5.82 Å². The summed E-state index contributed by atoms with van der Waals surface area (Å²) in [6.45, 7) is 4.83. The van der Waals surface area contributed by atoms with Gasteiger partial charge in [-0.05, 0) is 72.9 Å². The van der Waals surface area contributed by atoms with E-state index < -0.39 is 0 Å². The summed E-state index contributed by atoms with van der Waals surface area (Å²) in [5.41, 5.74) is 4.41. The predicted molar refractivity (Wildman–Crippen MR) is 136 cm³/mol. The maximum absolute atomic E-state index is 13.4. The van der Waals surface area contributed by atoms with E-state index in [-0.39, 0.29) is 17.4 Å². The monoisotopic (exact) mass is 459 g/mol. The van der Waals surface area contributed by atoms with Crippen molar-refractivity contribution < 1.29 is 4.39 Å². The molecule has 2 N–H and O–H groups in total. The highest BCUT2D eigenvalue weighted by Crippen LogP contribution is 2.17. The fourth-order valence-corrected chi connectivity index (χ4v) is 4.11. The lowest BCUT2D eigenvalue weighted by atomic mass is 10.1. The number of aromatic amines is 1. The molecule has 3 aromatic carbocycles. The fraction of sp³-hybridized carbons (Fsp3) is 0.185. The molecule has 0 unspecified atom stereocenters. The van der Waals surface area contributed by atoms with Gasteiger partial charge in [0, 0.05) is 17.6 Å². The van der Waals surface area contributed by atoms with Gasteiger partial charge in [-0.25, -0.2) is 4.39 Å². The smallest absolute Gasteiger partial charge is 0.253 e. The van der Waals surface area contributed by atoms with Crippen molar-refractivity contribution in [2.75, 3.05) is 0 Å². The number of H-pyrrole nitrogens is 1. The summed E-state index contributed by atoms with van der Waals surface area (Å²) in [7, 11) is 0. The maximum atomic E-state index is 13.4. The van der Waals surface area contributed by atoms with E-state index in [0.29, 0.717) is 23.8 Å². The molecule has 0 fully saturated rings. The summed E-state index contributed by atoms with van der Waals surface area (Å²) in [5.74, 6) is -0.287. The molecule has 0 amide bonds. The van der Waals surface area contributed by atoms with Crippen molar-refractivity contribution in [2.24, 2.45) is 0 Å². The Kier molecular flexibility index (Phi) is 6.84. The molecule has 0 saturated heterocycles. The van der Waals surface area contributed by atoms with Crippen molar-refractivity contribution in [2.45, 2.75) is 33.0 Å². The van der Waals surface area contributed by atoms with Gasteiger partial charge in [0.05, 0.1) is 12.6 Å². The SMILES string of the molecule is Cc1ccc2[nH]c(=O)c(CN(Cc3ccc(F)cc3)C(=S)N[C@H](C)c3ccccc3)cc2c1. The Morgan fingerprint density at radius 2 is 1.76 bits per heavy atom. The molecule has 0 radical (unpaired) electrons. The summed E-state index contributed by atoms with van der Waals surface area (Å²) in [6, 6.07) is 24.2. The number of fused-ring (bicyclic) bond motifs is 1. The van der Waals surface area contributed by atoms with Gasteiger partial charge in [0.15, 0.2) is 5.11 Å². The summed E-state index contributed by atoms with van der Waals surface area (Å²) < 4.78 is 13.4. The Bertz CT molecular complexity index is 1320. The minimum Gasteiger partial charge on any atom is -0.356 e. The highest BCUT2D eigenvalue weighted by Gasteiger charge is 2.16. The third-order valence-electron chi connectivity index (χ3n) is 5.65. The third kappa shape index (κ3) is 5.65. The summed E-state index contributed by atoms with van der Waals surface area (Å²) in [5, 5.41) is 4.89. The number of hydrogen-bond donors (Lipinski definition) is 2. The number of rotatable bonds is 6. The first-order chi connectivity index (χ1) is 15.9. The molecule has 1 aromatic heterocycles.